The van der Waals surface area contributed by atoms with E-state index in [2.05, 4.69) is 5.32 Å². The quantitative estimate of drug-likeness (QED) is 0.876. The van der Waals surface area contributed by atoms with E-state index in [9.17, 15) is 9.59 Å². The molecule has 25 heavy (non-hydrogen) atoms. The van der Waals surface area contributed by atoms with Gasteiger partial charge in [0.05, 0.1) is 5.56 Å². The summed E-state index contributed by atoms with van der Waals surface area (Å²) < 4.78 is 5.45. The first-order valence-electron chi connectivity index (χ1n) is 8.27. The van der Waals surface area contributed by atoms with Gasteiger partial charge in [-0.2, -0.15) is 0 Å². The molecule has 1 aliphatic heterocycles. The number of hydrogen-bond acceptors (Lipinski definition) is 4. The number of amides is 1. The van der Waals surface area contributed by atoms with Crippen LogP contribution >= 0.6 is 0 Å². The van der Waals surface area contributed by atoms with Crippen molar-refractivity contribution in [2.45, 2.75) is 25.0 Å². The summed E-state index contributed by atoms with van der Waals surface area (Å²) in [5, 5.41) is 12.3. The average molecular weight is 338 g/mol. The van der Waals surface area contributed by atoms with Crippen LogP contribution in [-0.2, 0) is 4.79 Å². The molecule has 6 nitrogen and oxygen atoms in total. The molecule has 0 unspecified atom stereocenters. The smallest absolute Gasteiger partial charge is 0.341 e. The number of nitrogens with one attached hydrogen (secondary N) is 1. The Labute approximate surface area is 145 Å². The molecule has 0 spiro atoms. The lowest BCUT2D eigenvalue weighted by Gasteiger charge is -2.38. The maximum Gasteiger partial charge on any atom is 0.341 e. The molecule has 2 aromatic carbocycles. The highest BCUT2D eigenvalue weighted by Crippen LogP contribution is 2.42. The summed E-state index contributed by atoms with van der Waals surface area (Å²) in [5.74, 6) is -0.568. The van der Waals surface area contributed by atoms with Gasteiger partial charge in [0.2, 0.25) is 0 Å². The Kier molecular flexibility index (Phi) is 3.80. The summed E-state index contributed by atoms with van der Waals surface area (Å²) >= 11 is 0. The number of carboxylic acid groups (broad SMARTS) is 1. The number of ether oxygens (including phenoxy) is 1. The number of anilines is 1. The molecule has 1 saturated carbocycles. The molecule has 2 N–H and O–H groups in total. The summed E-state index contributed by atoms with van der Waals surface area (Å²) in [6.07, 6.45) is 1.58. The maximum absolute atomic E-state index is 13.0. The highest BCUT2D eigenvalue weighted by molar-refractivity contribution is 6.02. The lowest BCUT2D eigenvalue weighted by Crippen LogP contribution is -2.44. The predicted molar refractivity (Wildman–Crippen MR) is 91.6 cm³/mol. The lowest BCUT2D eigenvalue weighted by atomic mass is 10.0. The van der Waals surface area contributed by atoms with Crippen molar-refractivity contribution >= 4 is 17.6 Å². The molecule has 1 heterocycles. The molecule has 0 radical (unpaired) electrons. The van der Waals surface area contributed by atoms with E-state index in [-0.39, 0.29) is 18.1 Å². The fourth-order valence-corrected chi connectivity index (χ4v) is 3.20. The molecule has 0 aromatic heterocycles. The molecule has 0 bridgehead atoms. The van der Waals surface area contributed by atoms with E-state index in [1.807, 2.05) is 41.3 Å². The van der Waals surface area contributed by atoms with Gasteiger partial charge in [-0.25, -0.2) is 4.79 Å². The van der Waals surface area contributed by atoms with Crippen molar-refractivity contribution in [2.24, 2.45) is 0 Å². The number of nitrogens with zero attached hydrogens (tertiary/aromatic N) is 1. The zero-order valence-corrected chi connectivity index (χ0v) is 13.5. The van der Waals surface area contributed by atoms with E-state index in [1.54, 1.807) is 12.1 Å². The van der Waals surface area contributed by atoms with Crippen LogP contribution in [0, 0.1) is 0 Å². The topological polar surface area (TPSA) is 78.9 Å². The lowest BCUT2D eigenvalue weighted by molar-refractivity contribution is -0.139. The molecule has 6 heteroatoms. The van der Waals surface area contributed by atoms with Crippen LogP contribution in [0.2, 0.25) is 0 Å². The van der Waals surface area contributed by atoms with Crippen LogP contribution < -0.4 is 10.1 Å². The SMILES string of the molecule is O=C(O)COc1ccccc1[C@@H]1Nc2ccccc2C(=O)N1C1CC1. The highest BCUT2D eigenvalue weighted by Gasteiger charge is 2.42. The number of para-hydroxylation sites is 2. The van der Waals surface area contributed by atoms with Crippen LogP contribution in [0.3, 0.4) is 0 Å². The second-order valence-electron chi connectivity index (χ2n) is 6.26. The van der Waals surface area contributed by atoms with Crippen LogP contribution in [-0.4, -0.2) is 34.5 Å². The van der Waals surface area contributed by atoms with Gasteiger partial charge in [0.1, 0.15) is 11.9 Å². The fourth-order valence-electron chi connectivity index (χ4n) is 3.20. The van der Waals surface area contributed by atoms with E-state index >= 15 is 0 Å². The van der Waals surface area contributed by atoms with E-state index in [0.717, 1.165) is 24.1 Å². The normalized spacial score (nSPS) is 19.1. The van der Waals surface area contributed by atoms with Gasteiger partial charge in [0.15, 0.2) is 6.61 Å². The molecule has 4 rings (SSSR count). The fraction of sp³-hybridized carbons (Fsp3) is 0.263. The average Bonchev–Trinajstić information content (AvgIpc) is 3.45. The summed E-state index contributed by atoms with van der Waals surface area (Å²) in [6, 6.07) is 14.9. The molecule has 2 aromatic rings. The minimum Gasteiger partial charge on any atom is -0.481 e. The van der Waals surface area contributed by atoms with Crippen LogP contribution in [0.5, 0.6) is 5.75 Å². The van der Waals surface area contributed by atoms with E-state index < -0.39 is 12.6 Å². The largest absolute Gasteiger partial charge is 0.481 e. The Bertz CT molecular complexity index is 832. The number of aliphatic carboxylic acids is 1. The third kappa shape index (κ3) is 2.91. The number of benzene rings is 2. The maximum atomic E-state index is 13.0. The van der Waals surface area contributed by atoms with Gasteiger partial charge in [-0.3, -0.25) is 4.79 Å². The Balaban J connectivity index is 1.74. The van der Waals surface area contributed by atoms with E-state index in [1.165, 1.54) is 0 Å². The third-order valence-electron chi connectivity index (χ3n) is 4.47. The van der Waals surface area contributed by atoms with Crippen molar-refractivity contribution in [3.63, 3.8) is 0 Å². The minimum atomic E-state index is -1.04. The van der Waals surface area contributed by atoms with Crippen molar-refractivity contribution < 1.29 is 19.4 Å². The molecular formula is C19H18N2O4. The number of carbonyl (C=O) groups excluding carboxylic acids is 1. The molecule has 1 atom stereocenters. The number of rotatable bonds is 5. The van der Waals surface area contributed by atoms with Crippen LogP contribution in [0.1, 0.15) is 34.9 Å². The monoisotopic (exact) mass is 338 g/mol. The summed E-state index contributed by atoms with van der Waals surface area (Å²) in [5.41, 5.74) is 2.20. The van der Waals surface area contributed by atoms with Crippen LogP contribution in [0.4, 0.5) is 5.69 Å². The van der Waals surface area contributed by atoms with Crippen LogP contribution in [0.15, 0.2) is 48.5 Å². The first-order chi connectivity index (χ1) is 12.1. The Morgan fingerprint density at radius 1 is 1.16 bits per heavy atom. The van der Waals surface area contributed by atoms with Gasteiger partial charge in [0, 0.05) is 17.3 Å². The molecule has 0 saturated heterocycles. The highest BCUT2D eigenvalue weighted by atomic mass is 16.5. The molecule has 1 amide bonds. The van der Waals surface area contributed by atoms with Gasteiger partial charge in [-0.1, -0.05) is 30.3 Å². The van der Waals surface area contributed by atoms with Crippen molar-refractivity contribution in [2.75, 3.05) is 11.9 Å². The molecule has 1 fully saturated rings. The summed E-state index contributed by atoms with van der Waals surface area (Å²) in [6.45, 7) is -0.419. The standard InChI is InChI=1S/C19H18N2O4/c22-17(23)11-25-16-8-4-2-6-14(16)18-20-15-7-3-1-5-13(15)19(24)21(18)12-9-10-12/h1-8,12,18,20H,9-11H2,(H,22,23)/t18-/m1/s1. The first kappa shape index (κ1) is 15.5. The van der Waals surface area contributed by atoms with Gasteiger partial charge in [0.25, 0.3) is 5.91 Å². The van der Waals surface area contributed by atoms with Crippen molar-refractivity contribution in [3.8, 4) is 5.75 Å². The van der Waals surface area contributed by atoms with Crippen LogP contribution in [0.25, 0.3) is 0 Å². The molecular weight excluding hydrogens is 320 g/mol. The second-order valence-corrected chi connectivity index (χ2v) is 6.26. The van der Waals surface area contributed by atoms with Gasteiger partial charge in [-0.05, 0) is 31.0 Å². The van der Waals surface area contributed by atoms with E-state index in [4.69, 9.17) is 9.84 Å². The zero-order chi connectivity index (χ0) is 17.4. The Morgan fingerprint density at radius 3 is 2.64 bits per heavy atom. The molecule has 128 valence electrons. The second kappa shape index (κ2) is 6.12. The summed E-state index contributed by atoms with van der Waals surface area (Å²) in [7, 11) is 0. The summed E-state index contributed by atoms with van der Waals surface area (Å²) in [4.78, 5) is 25.7. The van der Waals surface area contributed by atoms with Crippen molar-refractivity contribution in [1.82, 2.24) is 4.90 Å². The predicted octanol–water partition coefficient (Wildman–Crippen LogP) is 2.88. The Morgan fingerprint density at radius 2 is 1.88 bits per heavy atom. The minimum absolute atomic E-state index is 0.00473. The zero-order valence-electron chi connectivity index (χ0n) is 13.5. The van der Waals surface area contributed by atoms with Crippen molar-refractivity contribution in [1.29, 1.82) is 0 Å². The van der Waals surface area contributed by atoms with Gasteiger partial charge >= 0.3 is 5.97 Å². The molecule has 1 aliphatic carbocycles. The molecule has 2 aliphatic rings. The van der Waals surface area contributed by atoms with Gasteiger partial charge in [-0.15, -0.1) is 0 Å². The number of hydrogen-bond donors (Lipinski definition) is 2. The number of carboxylic acids is 1. The van der Waals surface area contributed by atoms with Gasteiger partial charge < -0.3 is 20.1 Å². The first-order valence-corrected chi connectivity index (χ1v) is 8.27. The van der Waals surface area contributed by atoms with Crippen molar-refractivity contribution in [3.05, 3.63) is 59.7 Å². The van der Waals surface area contributed by atoms with E-state index in [0.29, 0.717) is 11.3 Å². The number of carbonyl (C=O) groups is 2. The Hall–Kier alpha value is -3.02. The third-order valence-corrected chi connectivity index (χ3v) is 4.47. The number of fused-ring (bicyclic) bond motifs is 1.